The van der Waals surface area contributed by atoms with Crippen LogP contribution < -0.4 is 5.32 Å². The van der Waals surface area contributed by atoms with Crippen molar-refractivity contribution in [1.29, 1.82) is 0 Å². The Labute approximate surface area is 163 Å². The zero-order valence-corrected chi connectivity index (χ0v) is 16.1. The maximum absolute atomic E-state index is 12.5. The number of halogens is 1. The first-order valence-electron chi connectivity index (χ1n) is 8.18. The first-order valence-corrected chi connectivity index (χ1v) is 10.5. The lowest BCUT2D eigenvalue weighted by Gasteiger charge is -2.18. The molecule has 1 aromatic carbocycles. The van der Waals surface area contributed by atoms with Crippen LogP contribution in [0.25, 0.3) is 0 Å². The summed E-state index contributed by atoms with van der Waals surface area (Å²) in [6, 6.07) is 9.75. The van der Waals surface area contributed by atoms with Crippen molar-refractivity contribution >= 4 is 40.6 Å². The number of carbonyl (C=O) groups is 1. The van der Waals surface area contributed by atoms with Crippen LogP contribution in [0.5, 0.6) is 0 Å². The summed E-state index contributed by atoms with van der Waals surface area (Å²) in [5.74, 6) is 0.202. The van der Waals surface area contributed by atoms with Gasteiger partial charge in [0.1, 0.15) is 0 Å². The second-order valence-electron chi connectivity index (χ2n) is 6.03. The fraction of sp³-hybridized carbons (Fsp3) is 0.294. The summed E-state index contributed by atoms with van der Waals surface area (Å²) in [6.07, 6.45) is 2.20. The predicted molar refractivity (Wildman–Crippen MR) is 103 cm³/mol. The van der Waals surface area contributed by atoms with Crippen molar-refractivity contribution < 1.29 is 4.79 Å². The van der Waals surface area contributed by atoms with Gasteiger partial charge in [0.2, 0.25) is 11.1 Å². The van der Waals surface area contributed by atoms with E-state index in [-0.39, 0.29) is 17.7 Å². The van der Waals surface area contributed by atoms with Gasteiger partial charge in [0.25, 0.3) is 0 Å². The molecule has 2 aromatic heterocycles. The highest BCUT2D eigenvalue weighted by atomic mass is 35.5. The molecule has 1 amide bonds. The number of nitrogens with zero attached hydrogens (tertiary/aromatic N) is 4. The molecule has 1 N–H and O–H groups in total. The minimum Gasteiger partial charge on any atom is -0.344 e. The Morgan fingerprint density at radius 2 is 2.12 bits per heavy atom. The molecule has 3 aromatic rings. The van der Waals surface area contributed by atoms with Crippen LogP contribution in [0.4, 0.5) is 0 Å². The number of benzene rings is 1. The Bertz CT molecular complexity index is 877. The van der Waals surface area contributed by atoms with Gasteiger partial charge < -0.3 is 5.32 Å². The number of aromatic nitrogens is 4. The van der Waals surface area contributed by atoms with Gasteiger partial charge in [0.15, 0.2) is 0 Å². The van der Waals surface area contributed by atoms with Crippen LogP contribution in [0.2, 0.25) is 5.02 Å². The molecule has 1 saturated carbocycles. The molecular formula is C17H16ClN5OS2. The fourth-order valence-electron chi connectivity index (χ4n) is 2.62. The quantitative estimate of drug-likeness (QED) is 0.606. The van der Waals surface area contributed by atoms with Crippen molar-refractivity contribution in [2.45, 2.75) is 30.1 Å². The molecule has 26 heavy (non-hydrogen) atoms. The van der Waals surface area contributed by atoms with Crippen molar-refractivity contribution in [2.75, 3.05) is 5.75 Å². The fourth-order valence-corrected chi connectivity index (χ4v) is 4.18. The number of tetrazole rings is 1. The number of amides is 1. The largest absolute Gasteiger partial charge is 0.344 e. The molecule has 6 nitrogen and oxygen atoms in total. The molecule has 1 unspecified atom stereocenters. The van der Waals surface area contributed by atoms with Gasteiger partial charge in [-0.25, -0.2) is 4.68 Å². The highest BCUT2D eigenvalue weighted by Gasteiger charge is 2.28. The van der Waals surface area contributed by atoms with Gasteiger partial charge in [0.05, 0.1) is 17.8 Å². The Morgan fingerprint density at radius 1 is 1.31 bits per heavy atom. The maximum atomic E-state index is 12.5. The Morgan fingerprint density at radius 3 is 2.81 bits per heavy atom. The summed E-state index contributed by atoms with van der Waals surface area (Å²) < 4.78 is 1.81. The summed E-state index contributed by atoms with van der Waals surface area (Å²) in [7, 11) is 0. The number of nitrogens with one attached hydrogen (secondary N) is 1. The lowest BCUT2D eigenvalue weighted by molar-refractivity contribution is -0.119. The smallest absolute Gasteiger partial charge is 0.231 e. The Hall–Kier alpha value is -1.90. The Balaban J connectivity index is 1.44. The molecule has 9 heteroatoms. The van der Waals surface area contributed by atoms with Crippen LogP contribution in [-0.4, -0.2) is 31.9 Å². The van der Waals surface area contributed by atoms with Crippen molar-refractivity contribution in [2.24, 2.45) is 0 Å². The molecule has 0 aliphatic heterocycles. The van der Waals surface area contributed by atoms with Gasteiger partial charge in [-0.3, -0.25) is 4.79 Å². The number of rotatable bonds is 7. The van der Waals surface area contributed by atoms with Gasteiger partial charge in [-0.05, 0) is 63.4 Å². The lowest BCUT2D eigenvalue weighted by Crippen LogP contribution is -2.30. The molecule has 1 fully saturated rings. The molecule has 1 aliphatic carbocycles. The molecule has 134 valence electrons. The third-order valence-electron chi connectivity index (χ3n) is 4.07. The summed E-state index contributed by atoms with van der Waals surface area (Å²) in [5.41, 5.74) is 2.05. The molecule has 1 aliphatic rings. The van der Waals surface area contributed by atoms with Crippen LogP contribution in [0, 0.1) is 0 Å². The van der Waals surface area contributed by atoms with Crippen LogP contribution in [0.15, 0.2) is 46.2 Å². The molecule has 0 bridgehead atoms. The lowest BCUT2D eigenvalue weighted by atomic mass is 10.0. The van der Waals surface area contributed by atoms with Crippen LogP contribution in [0.1, 0.15) is 36.1 Å². The summed E-state index contributed by atoms with van der Waals surface area (Å²) in [5, 5.41) is 20.3. The highest BCUT2D eigenvalue weighted by molar-refractivity contribution is 7.99. The van der Waals surface area contributed by atoms with E-state index in [1.54, 1.807) is 11.3 Å². The van der Waals surface area contributed by atoms with E-state index < -0.39 is 0 Å². The van der Waals surface area contributed by atoms with E-state index in [1.165, 1.54) is 11.8 Å². The minimum atomic E-state index is -0.203. The van der Waals surface area contributed by atoms with E-state index in [0.29, 0.717) is 16.2 Å². The SMILES string of the molecule is O=C(CSc1nnnn1C1CC1)NC(c1ccc(Cl)cc1)c1ccsc1. The second-order valence-corrected chi connectivity index (χ2v) is 8.19. The van der Waals surface area contributed by atoms with Crippen molar-refractivity contribution in [3.63, 3.8) is 0 Å². The van der Waals surface area contributed by atoms with Crippen LogP contribution in [-0.2, 0) is 4.79 Å². The third kappa shape index (κ3) is 4.08. The molecule has 0 radical (unpaired) electrons. The second kappa shape index (κ2) is 7.77. The van der Waals surface area contributed by atoms with Crippen molar-refractivity contribution in [3.8, 4) is 0 Å². The average Bonchev–Trinajstić information content (AvgIpc) is 3.15. The molecule has 1 atom stereocenters. The number of thiophene rings is 1. The zero-order valence-electron chi connectivity index (χ0n) is 13.7. The van der Waals surface area contributed by atoms with E-state index in [2.05, 4.69) is 20.8 Å². The van der Waals surface area contributed by atoms with Crippen LogP contribution in [0.3, 0.4) is 0 Å². The van der Waals surface area contributed by atoms with Crippen molar-refractivity contribution in [3.05, 3.63) is 57.2 Å². The van der Waals surface area contributed by atoms with Gasteiger partial charge >= 0.3 is 0 Å². The van der Waals surface area contributed by atoms with Gasteiger partial charge in [0, 0.05) is 5.02 Å². The van der Waals surface area contributed by atoms with E-state index in [9.17, 15) is 4.79 Å². The number of thioether (sulfide) groups is 1. The maximum Gasteiger partial charge on any atom is 0.231 e. The number of hydrogen-bond donors (Lipinski definition) is 1. The van der Waals surface area contributed by atoms with Crippen molar-refractivity contribution in [1.82, 2.24) is 25.5 Å². The van der Waals surface area contributed by atoms with E-state index >= 15 is 0 Å². The van der Waals surface area contributed by atoms with E-state index in [4.69, 9.17) is 11.6 Å². The number of carbonyl (C=O) groups excluding carboxylic acids is 1. The third-order valence-corrected chi connectivity index (χ3v) is 5.96. The molecule has 0 spiro atoms. The normalized spacial score (nSPS) is 15.0. The van der Waals surface area contributed by atoms with Crippen LogP contribution >= 0.6 is 34.7 Å². The van der Waals surface area contributed by atoms with Gasteiger partial charge in [-0.15, -0.1) is 5.10 Å². The average molecular weight is 406 g/mol. The summed E-state index contributed by atoms with van der Waals surface area (Å²) in [4.78, 5) is 12.5. The molecule has 4 rings (SSSR count). The monoisotopic (exact) mass is 405 g/mol. The van der Waals surface area contributed by atoms with Gasteiger partial charge in [-0.2, -0.15) is 11.3 Å². The standard InChI is InChI=1S/C17H16ClN5OS2/c18-13-3-1-11(2-4-13)16(12-7-8-25-9-12)19-15(24)10-26-17-20-21-22-23(17)14-5-6-14/h1-4,7-9,14,16H,5-6,10H2,(H,19,24). The first kappa shape index (κ1) is 17.5. The molecule has 2 heterocycles. The topological polar surface area (TPSA) is 72.7 Å². The first-order chi connectivity index (χ1) is 12.7. The predicted octanol–water partition coefficient (Wildman–Crippen LogP) is 3.72. The minimum absolute atomic E-state index is 0.0634. The Kier molecular flexibility index (Phi) is 5.23. The summed E-state index contributed by atoms with van der Waals surface area (Å²) >= 11 is 8.96. The summed E-state index contributed by atoms with van der Waals surface area (Å²) in [6.45, 7) is 0. The highest BCUT2D eigenvalue weighted by Crippen LogP contribution is 2.36. The molecular weight excluding hydrogens is 390 g/mol. The zero-order chi connectivity index (χ0) is 17.9. The van der Waals surface area contributed by atoms with E-state index in [0.717, 1.165) is 24.0 Å². The molecule has 0 saturated heterocycles. The number of hydrogen-bond acceptors (Lipinski definition) is 6. The van der Waals surface area contributed by atoms with Gasteiger partial charge in [-0.1, -0.05) is 35.5 Å². The van der Waals surface area contributed by atoms with E-state index in [1.807, 2.05) is 45.8 Å².